The van der Waals surface area contributed by atoms with Crippen LogP contribution in [0.4, 0.5) is 0 Å². The average molecular weight is 152 g/mol. The van der Waals surface area contributed by atoms with Gasteiger partial charge in [-0.1, -0.05) is 5.04 Å². The van der Waals surface area contributed by atoms with Crippen LogP contribution in [0.15, 0.2) is 0 Å². The molecule has 0 spiro atoms. The Kier molecular flexibility index (Phi) is 6.51. The van der Waals surface area contributed by atoms with Gasteiger partial charge in [0.25, 0.3) is 0 Å². The summed E-state index contributed by atoms with van der Waals surface area (Å²) in [5, 5.41) is 4.21. The Hall–Kier alpha value is 0.230. The lowest BCUT2D eigenvalue weighted by Crippen LogP contribution is -2.08. The summed E-state index contributed by atoms with van der Waals surface area (Å²) < 4.78 is 0. The van der Waals surface area contributed by atoms with Gasteiger partial charge in [0.1, 0.15) is 0 Å². The van der Waals surface area contributed by atoms with Gasteiger partial charge >= 0.3 is 0 Å². The van der Waals surface area contributed by atoms with Crippen LogP contribution in [0.25, 0.3) is 0 Å². The maximum Gasteiger partial charge on any atom is 0.0941 e. The first kappa shape index (κ1) is 9.23. The van der Waals surface area contributed by atoms with Crippen molar-refractivity contribution in [2.45, 2.75) is 19.4 Å². The van der Waals surface area contributed by atoms with Gasteiger partial charge < -0.3 is 0 Å². The molecule has 0 aliphatic heterocycles. The fourth-order valence-corrected chi connectivity index (χ4v) is 0.700. The molecule has 9 heavy (non-hydrogen) atoms. The van der Waals surface area contributed by atoms with E-state index < -0.39 is 0 Å². The molecular formula is C5H12O3S. The van der Waals surface area contributed by atoms with Gasteiger partial charge in [-0.2, -0.15) is 12.6 Å². The van der Waals surface area contributed by atoms with Crippen LogP contribution in [0.2, 0.25) is 0 Å². The van der Waals surface area contributed by atoms with Crippen molar-refractivity contribution in [3.63, 3.8) is 0 Å². The highest BCUT2D eigenvalue weighted by Gasteiger charge is 1.99. The van der Waals surface area contributed by atoms with E-state index in [4.69, 9.17) is 0 Å². The second kappa shape index (κ2) is 6.35. The minimum atomic E-state index is 0.0439. The van der Waals surface area contributed by atoms with Gasteiger partial charge in [-0.25, -0.2) is 9.78 Å². The number of thiol groups is 1. The Balaban J connectivity index is 2.95. The predicted molar refractivity (Wildman–Crippen MR) is 37.1 cm³/mol. The zero-order valence-corrected chi connectivity index (χ0v) is 6.56. The Morgan fingerprint density at radius 2 is 2.22 bits per heavy atom. The summed E-state index contributed by atoms with van der Waals surface area (Å²) >= 11 is 4.01. The van der Waals surface area contributed by atoms with Crippen molar-refractivity contribution in [2.24, 2.45) is 0 Å². The summed E-state index contributed by atoms with van der Waals surface area (Å²) in [6.45, 7) is 1.88. The van der Waals surface area contributed by atoms with E-state index in [0.29, 0.717) is 0 Å². The van der Waals surface area contributed by atoms with Crippen LogP contribution >= 0.6 is 12.6 Å². The highest BCUT2D eigenvalue weighted by atomic mass is 32.1. The summed E-state index contributed by atoms with van der Waals surface area (Å²) in [6.07, 6.45) is 0.898. The molecule has 0 saturated carbocycles. The third-order valence-corrected chi connectivity index (χ3v) is 1.07. The normalized spacial score (nSPS) is 13.7. The van der Waals surface area contributed by atoms with Crippen molar-refractivity contribution in [1.82, 2.24) is 0 Å². The molecule has 0 heterocycles. The summed E-state index contributed by atoms with van der Waals surface area (Å²) in [7, 11) is 1.40. The van der Waals surface area contributed by atoms with E-state index in [1.165, 1.54) is 7.11 Å². The quantitative estimate of drug-likeness (QED) is 0.364. The molecule has 0 fully saturated rings. The molecule has 56 valence electrons. The van der Waals surface area contributed by atoms with Crippen molar-refractivity contribution < 1.29 is 14.8 Å². The third-order valence-electron chi connectivity index (χ3n) is 0.807. The topological polar surface area (TPSA) is 27.7 Å². The van der Waals surface area contributed by atoms with Crippen molar-refractivity contribution in [2.75, 3.05) is 12.9 Å². The molecule has 0 aromatic rings. The molecule has 3 nitrogen and oxygen atoms in total. The SMILES string of the molecule is COOOC(C)CCS. The fourth-order valence-electron chi connectivity index (χ4n) is 0.336. The highest BCUT2D eigenvalue weighted by Crippen LogP contribution is 1.98. The van der Waals surface area contributed by atoms with Gasteiger partial charge in [0.05, 0.1) is 13.2 Å². The maximum atomic E-state index is 4.66. The van der Waals surface area contributed by atoms with Crippen molar-refractivity contribution in [1.29, 1.82) is 0 Å². The molecule has 0 radical (unpaired) electrons. The fraction of sp³-hybridized carbons (Fsp3) is 1.00. The van der Waals surface area contributed by atoms with Crippen LogP contribution < -0.4 is 0 Å². The Morgan fingerprint density at radius 3 is 2.67 bits per heavy atom. The molecule has 1 atom stereocenters. The molecule has 0 bridgehead atoms. The Labute approximate surface area is 60.6 Å². The summed E-state index contributed by atoms with van der Waals surface area (Å²) in [6, 6.07) is 0. The van der Waals surface area contributed by atoms with E-state index in [1.807, 2.05) is 6.92 Å². The largest absolute Gasteiger partial charge is 0.210 e. The van der Waals surface area contributed by atoms with Crippen molar-refractivity contribution in [3.8, 4) is 0 Å². The van der Waals surface area contributed by atoms with E-state index in [0.717, 1.165) is 12.2 Å². The van der Waals surface area contributed by atoms with E-state index in [1.54, 1.807) is 0 Å². The molecule has 4 heteroatoms. The zero-order valence-electron chi connectivity index (χ0n) is 5.66. The van der Waals surface area contributed by atoms with Crippen molar-refractivity contribution in [3.05, 3.63) is 0 Å². The lowest BCUT2D eigenvalue weighted by atomic mass is 10.3. The third kappa shape index (κ3) is 6.11. The van der Waals surface area contributed by atoms with Gasteiger partial charge in [0.15, 0.2) is 0 Å². The standard InChI is InChI=1S/C5H12O3S/c1-5(3-4-9)7-8-6-2/h5,9H,3-4H2,1-2H3. The first-order chi connectivity index (χ1) is 4.31. The number of rotatable bonds is 5. The number of hydrogen-bond acceptors (Lipinski definition) is 4. The second-order valence-electron chi connectivity index (χ2n) is 1.65. The minimum Gasteiger partial charge on any atom is -0.210 e. The smallest absolute Gasteiger partial charge is 0.0941 e. The highest BCUT2D eigenvalue weighted by molar-refractivity contribution is 7.80. The van der Waals surface area contributed by atoms with Gasteiger partial charge in [0, 0.05) is 0 Å². The molecule has 0 aromatic carbocycles. The first-order valence-corrected chi connectivity index (χ1v) is 3.41. The minimum absolute atomic E-state index is 0.0439. The molecule has 0 aliphatic carbocycles. The zero-order chi connectivity index (χ0) is 7.11. The van der Waals surface area contributed by atoms with Crippen LogP contribution in [0.5, 0.6) is 0 Å². The van der Waals surface area contributed by atoms with E-state index in [-0.39, 0.29) is 6.10 Å². The summed E-state index contributed by atoms with van der Waals surface area (Å²) in [5.41, 5.74) is 0. The molecule has 0 amide bonds. The molecule has 0 aromatic heterocycles. The summed E-state index contributed by atoms with van der Waals surface area (Å²) in [5.74, 6) is 0.786. The van der Waals surface area contributed by atoms with Crippen molar-refractivity contribution >= 4 is 12.6 Å². The van der Waals surface area contributed by atoms with Gasteiger partial charge in [-0.05, 0) is 19.1 Å². The summed E-state index contributed by atoms with van der Waals surface area (Å²) in [4.78, 5) is 8.87. The molecular weight excluding hydrogens is 140 g/mol. The molecule has 0 aliphatic rings. The first-order valence-electron chi connectivity index (χ1n) is 2.78. The molecule has 1 unspecified atom stereocenters. The molecule has 0 saturated heterocycles. The van der Waals surface area contributed by atoms with Crippen LogP contribution in [0, 0.1) is 0 Å². The Bertz CT molecular complexity index is 60.2. The Morgan fingerprint density at radius 1 is 1.56 bits per heavy atom. The van der Waals surface area contributed by atoms with Crippen LogP contribution in [0.1, 0.15) is 13.3 Å². The van der Waals surface area contributed by atoms with Crippen LogP contribution in [-0.4, -0.2) is 19.0 Å². The lowest BCUT2D eigenvalue weighted by Gasteiger charge is -2.06. The van der Waals surface area contributed by atoms with E-state index >= 15 is 0 Å². The molecule has 0 rings (SSSR count). The molecule has 0 N–H and O–H groups in total. The second-order valence-corrected chi connectivity index (χ2v) is 2.10. The van der Waals surface area contributed by atoms with Gasteiger partial charge in [-0.3, -0.25) is 0 Å². The van der Waals surface area contributed by atoms with Gasteiger partial charge in [0.2, 0.25) is 0 Å². The van der Waals surface area contributed by atoms with E-state index in [9.17, 15) is 0 Å². The monoisotopic (exact) mass is 152 g/mol. The number of hydrogen-bond donors (Lipinski definition) is 1. The van der Waals surface area contributed by atoms with E-state index in [2.05, 4.69) is 27.4 Å². The van der Waals surface area contributed by atoms with Crippen LogP contribution in [-0.2, 0) is 14.8 Å². The maximum absolute atomic E-state index is 4.66. The lowest BCUT2D eigenvalue weighted by molar-refractivity contribution is -0.515. The average Bonchev–Trinajstić information content (AvgIpc) is 1.85. The van der Waals surface area contributed by atoms with Gasteiger partial charge in [-0.15, -0.1) is 0 Å². The predicted octanol–water partition coefficient (Wildman–Crippen LogP) is 1.20. The van der Waals surface area contributed by atoms with Crippen LogP contribution in [0.3, 0.4) is 0 Å².